The number of anilines is 2. The molecule has 0 radical (unpaired) electrons. The van der Waals surface area contributed by atoms with Crippen LogP contribution in [0.5, 0.6) is 0 Å². The normalized spacial score (nSPS) is 15.7. The molecule has 1 aliphatic carbocycles. The Morgan fingerprint density at radius 1 is 1.47 bits per heavy atom. The molecule has 0 saturated heterocycles. The summed E-state index contributed by atoms with van der Waals surface area (Å²) in [4.78, 5) is 2.14. The maximum absolute atomic E-state index is 13.5. The SMILES string of the molecule is CCN(CC1CCC1)c1cc(F)c(Cl)cc1N. The lowest BCUT2D eigenvalue weighted by molar-refractivity contribution is 0.318. The number of nitrogens with zero attached hydrogens (tertiary/aromatic N) is 1. The number of benzene rings is 1. The van der Waals surface area contributed by atoms with E-state index in [1.807, 2.05) is 0 Å². The summed E-state index contributed by atoms with van der Waals surface area (Å²) < 4.78 is 13.5. The Bertz CT molecular complexity index is 405. The van der Waals surface area contributed by atoms with Crippen molar-refractivity contribution in [1.29, 1.82) is 0 Å². The highest BCUT2D eigenvalue weighted by atomic mass is 35.5. The molecule has 0 amide bonds. The molecular formula is C13H18ClFN2. The number of halogens is 2. The monoisotopic (exact) mass is 256 g/mol. The minimum atomic E-state index is -0.400. The molecule has 0 spiro atoms. The minimum absolute atomic E-state index is 0.0888. The Morgan fingerprint density at radius 2 is 2.18 bits per heavy atom. The van der Waals surface area contributed by atoms with Crippen LogP contribution in [-0.2, 0) is 0 Å². The van der Waals surface area contributed by atoms with E-state index in [2.05, 4.69) is 11.8 Å². The first-order valence-electron chi connectivity index (χ1n) is 6.11. The van der Waals surface area contributed by atoms with Crippen LogP contribution in [0.3, 0.4) is 0 Å². The second-order valence-corrected chi connectivity index (χ2v) is 5.07. The molecule has 0 atom stereocenters. The van der Waals surface area contributed by atoms with Gasteiger partial charge in [-0.15, -0.1) is 0 Å². The van der Waals surface area contributed by atoms with Crippen molar-refractivity contribution in [3.8, 4) is 0 Å². The van der Waals surface area contributed by atoms with Gasteiger partial charge in [-0.2, -0.15) is 0 Å². The van der Waals surface area contributed by atoms with Crippen LogP contribution < -0.4 is 10.6 Å². The van der Waals surface area contributed by atoms with E-state index in [1.54, 1.807) is 0 Å². The van der Waals surface area contributed by atoms with Gasteiger partial charge < -0.3 is 10.6 Å². The van der Waals surface area contributed by atoms with Gasteiger partial charge in [-0.05, 0) is 31.7 Å². The molecule has 1 aromatic carbocycles. The molecule has 1 aliphatic rings. The Balaban J connectivity index is 2.19. The predicted octanol–water partition coefficient (Wildman–Crippen LogP) is 3.69. The summed E-state index contributed by atoms with van der Waals surface area (Å²) in [5, 5.41) is 0.0888. The molecule has 4 heteroatoms. The molecule has 17 heavy (non-hydrogen) atoms. The molecule has 0 aromatic heterocycles. The van der Waals surface area contributed by atoms with Gasteiger partial charge in [-0.1, -0.05) is 18.0 Å². The molecule has 2 nitrogen and oxygen atoms in total. The molecule has 2 N–H and O–H groups in total. The van der Waals surface area contributed by atoms with Crippen LogP contribution in [0.15, 0.2) is 12.1 Å². The van der Waals surface area contributed by atoms with Crippen molar-refractivity contribution in [3.05, 3.63) is 23.0 Å². The van der Waals surface area contributed by atoms with Crippen molar-refractivity contribution in [2.75, 3.05) is 23.7 Å². The van der Waals surface area contributed by atoms with Gasteiger partial charge in [-0.25, -0.2) is 4.39 Å². The highest BCUT2D eigenvalue weighted by molar-refractivity contribution is 6.31. The van der Waals surface area contributed by atoms with E-state index >= 15 is 0 Å². The first kappa shape index (κ1) is 12.5. The first-order valence-corrected chi connectivity index (χ1v) is 6.49. The quantitative estimate of drug-likeness (QED) is 0.833. The zero-order valence-electron chi connectivity index (χ0n) is 10.0. The zero-order valence-corrected chi connectivity index (χ0v) is 10.8. The van der Waals surface area contributed by atoms with E-state index < -0.39 is 5.82 Å². The predicted molar refractivity (Wildman–Crippen MR) is 71.1 cm³/mol. The Labute approximate surface area is 107 Å². The smallest absolute Gasteiger partial charge is 0.144 e. The Hall–Kier alpha value is -0.960. The van der Waals surface area contributed by atoms with Crippen molar-refractivity contribution < 1.29 is 4.39 Å². The summed E-state index contributed by atoms with van der Waals surface area (Å²) in [7, 11) is 0. The summed E-state index contributed by atoms with van der Waals surface area (Å²) in [5.41, 5.74) is 7.23. The van der Waals surface area contributed by atoms with Crippen molar-refractivity contribution in [1.82, 2.24) is 0 Å². The third-order valence-electron chi connectivity index (χ3n) is 3.50. The van der Waals surface area contributed by atoms with Gasteiger partial charge in [0.15, 0.2) is 0 Å². The Kier molecular flexibility index (Phi) is 3.77. The third-order valence-corrected chi connectivity index (χ3v) is 3.78. The summed E-state index contributed by atoms with van der Waals surface area (Å²) in [5.74, 6) is 0.330. The highest BCUT2D eigenvalue weighted by Crippen LogP contribution is 2.33. The van der Waals surface area contributed by atoms with Crippen LogP contribution in [0.2, 0.25) is 5.02 Å². The van der Waals surface area contributed by atoms with E-state index in [0.717, 1.165) is 24.7 Å². The lowest BCUT2D eigenvalue weighted by Crippen LogP contribution is -2.33. The number of hydrogen-bond donors (Lipinski definition) is 1. The van der Waals surface area contributed by atoms with Gasteiger partial charge in [0.1, 0.15) is 5.82 Å². The molecule has 94 valence electrons. The van der Waals surface area contributed by atoms with Crippen molar-refractivity contribution in [2.24, 2.45) is 5.92 Å². The molecule has 1 saturated carbocycles. The molecular weight excluding hydrogens is 239 g/mol. The summed E-state index contributed by atoms with van der Waals surface area (Å²) in [6, 6.07) is 2.94. The topological polar surface area (TPSA) is 29.3 Å². The average Bonchev–Trinajstić information content (AvgIpc) is 2.23. The fourth-order valence-corrected chi connectivity index (χ4v) is 2.38. The van der Waals surface area contributed by atoms with Gasteiger partial charge in [0.25, 0.3) is 0 Å². The van der Waals surface area contributed by atoms with E-state index in [-0.39, 0.29) is 5.02 Å². The van der Waals surface area contributed by atoms with E-state index in [9.17, 15) is 4.39 Å². The van der Waals surface area contributed by atoms with Gasteiger partial charge >= 0.3 is 0 Å². The Morgan fingerprint density at radius 3 is 2.71 bits per heavy atom. The van der Waals surface area contributed by atoms with Gasteiger partial charge in [0, 0.05) is 19.2 Å². The average molecular weight is 257 g/mol. The van der Waals surface area contributed by atoms with Gasteiger partial charge in [-0.3, -0.25) is 0 Å². The molecule has 1 fully saturated rings. The fourth-order valence-electron chi connectivity index (χ4n) is 2.21. The van der Waals surface area contributed by atoms with E-state index in [4.69, 9.17) is 17.3 Å². The lowest BCUT2D eigenvalue weighted by atomic mass is 9.85. The van der Waals surface area contributed by atoms with Crippen LogP contribution in [0.1, 0.15) is 26.2 Å². The third kappa shape index (κ3) is 2.65. The minimum Gasteiger partial charge on any atom is -0.397 e. The molecule has 0 heterocycles. The van der Waals surface area contributed by atoms with Crippen molar-refractivity contribution in [2.45, 2.75) is 26.2 Å². The highest BCUT2D eigenvalue weighted by Gasteiger charge is 2.21. The molecule has 1 aromatic rings. The van der Waals surface area contributed by atoms with E-state index in [1.165, 1.54) is 31.4 Å². The maximum Gasteiger partial charge on any atom is 0.144 e. The number of nitrogens with two attached hydrogens (primary N) is 1. The van der Waals surface area contributed by atoms with Crippen LogP contribution >= 0.6 is 11.6 Å². The van der Waals surface area contributed by atoms with Gasteiger partial charge in [0.05, 0.1) is 16.4 Å². The second kappa shape index (κ2) is 5.13. The van der Waals surface area contributed by atoms with Crippen molar-refractivity contribution in [3.63, 3.8) is 0 Å². The molecule has 0 unspecified atom stereocenters. The maximum atomic E-state index is 13.5. The molecule has 0 aliphatic heterocycles. The van der Waals surface area contributed by atoms with Crippen LogP contribution in [0.4, 0.5) is 15.8 Å². The second-order valence-electron chi connectivity index (χ2n) is 4.66. The standard InChI is InChI=1S/C13H18ClFN2/c1-2-17(8-9-4-3-5-9)13-7-11(15)10(14)6-12(13)16/h6-7,9H,2-5,8,16H2,1H3. The first-order chi connectivity index (χ1) is 8.11. The summed E-state index contributed by atoms with van der Waals surface area (Å²) >= 11 is 5.70. The zero-order chi connectivity index (χ0) is 12.4. The lowest BCUT2D eigenvalue weighted by Gasteiger charge is -2.33. The number of nitrogen functional groups attached to an aromatic ring is 1. The van der Waals surface area contributed by atoms with E-state index in [0.29, 0.717) is 5.69 Å². The largest absolute Gasteiger partial charge is 0.397 e. The molecule has 2 rings (SSSR count). The number of hydrogen-bond acceptors (Lipinski definition) is 2. The summed E-state index contributed by atoms with van der Waals surface area (Å²) in [6.07, 6.45) is 3.85. The van der Waals surface area contributed by atoms with Crippen molar-refractivity contribution >= 4 is 23.0 Å². The molecule has 0 bridgehead atoms. The van der Waals surface area contributed by atoms with Crippen LogP contribution in [0, 0.1) is 11.7 Å². The number of rotatable bonds is 4. The fraction of sp³-hybridized carbons (Fsp3) is 0.538. The summed E-state index contributed by atoms with van der Waals surface area (Å²) in [6.45, 7) is 3.86. The van der Waals surface area contributed by atoms with Gasteiger partial charge in [0.2, 0.25) is 0 Å². The van der Waals surface area contributed by atoms with Crippen LogP contribution in [-0.4, -0.2) is 13.1 Å². The van der Waals surface area contributed by atoms with Crippen LogP contribution in [0.25, 0.3) is 0 Å².